The molecule has 5 nitrogen and oxygen atoms in total. The normalized spacial score (nSPS) is 12.0. The van der Waals surface area contributed by atoms with Gasteiger partial charge in [0.25, 0.3) is 0 Å². The summed E-state index contributed by atoms with van der Waals surface area (Å²) in [5.41, 5.74) is 0. The van der Waals surface area contributed by atoms with E-state index in [1.165, 1.54) is 83.5 Å². The molecule has 0 fully saturated rings. The van der Waals surface area contributed by atoms with E-state index in [4.69, 9.17) is 9.47 Å². The average Bonchev–Trinajstić information content (AvgIpc) is 2.79. The third-order valence-electron chi connectivity index (χ3n) is 5.90. The number of ether oxygens (including phenoxy) is 2. The summed E-state index contributed by atoms with van der Waals surface area (Å²) in [6, 6.07) is 0. The number of rotatable bonds is 24. The Morgan fingerprint density at radius 1 is 0.594 bits per heavy atom. The molecule has 0 bridgehead atoms. The molecule has 32 heavy (non-hydrogen) atoms. The van der Waals surface area contributed by atoms with Gasteiger partial charge in [0.2, 0.25) is 0 Å². The van der Waals surface area contributed by atoms with Crippen LogP contribution in [0.3, 0.4) is 0 Å². The summed E-state index contributed by atoms with van der Waals surface area (Å²) >= 11 is 0. The topological polar surface area (TPSA) is 72.8 Å². The molecule has 0 aromatic heterocycles. The van der Waals surface area contributed by atoms with E-state index in [2.05, 4.69) is 13.8 Å². The van der Waals surface area contributed by atoms with E-state index >= 15 is 0 Å². The Morgan fingerprint density at radius 3 is 1.38 bits per heavy atom. The minimum absolute atomic E-state index is 0.0602. The van der Waals surface area contributed by atoms with Gasteiger partial charge in [0.05, 0.1) is 6.61 Å². The molecule has 5 heteroatoms. The molecule has 0 radical (unpaired) electrons. The summed E-state index contributed by atoms with van der Waals surface area (Å²) in [4.78, 5) is 23.7. The van der Waals surface area contributed by atoms with Crippen LogP contribution in [0.5, 0.6) is 0 Å². The summed E-state index contributed by atoms with van der Waals surface area (Å²) in [5.74, 6) is -0.602. The lowest BCUT2D eigenvalue weighted by Gasteiger charge is -2.15. The van der Waals surface area contributed by atoms with E-state index in [1.54, 1.807) is 0 Å². The third-order valence-corrected chi connectivity index (χ3v) is 5.90. The Labute approximate surface area is 198 Å². The minimum Gasteiger partial charge on any atom is -0.462 e. The molecule has 0 saturated heterocycles. The molecule has 0 aromatic carbocycles. The van der Waals surface area contributed by atoms with Gasteiger partial charge in [-0.2, -0.15) is 0 Å². The summed E-state index contributed by atoms with van der Waals surface area (Å²) in [6.07, 6.45) is 21.8. The van der Waals surface area contributed by atoms with Crippen molar-refractivity contribution in [2.24, 2.45) is 0 Å². The molecule has 0 aromatic rings. The maximum Gasteiger partial charge on any atom is 0.306 e. The number of esters is 2. The van der Waals surface area contributed by atoms with Crippen molar-refractivity contribution in [3.05, 3.63) is 0 Å². The Hall–Kier alpha value is -1.10. The number of aliphatic hydroxyl groups excluding tert-OH is 1. The molecular weight excluding hydrogens is 404 g/mol. The second kappa shape index (κ2) is 24.5. The largest absolute Gasteiger partial charge is 0.462 e. The molecule has 0 aliphatic rings. The van der Waals surface area contributed by atoms with Crippen LogP contribution in [0, 0.1) is 0 Å². The number of hydrogen-bond acceptors (Lipinski definition) is 5. The Kier molecular flexibility index (Phi) is 23.7. The quantitative estimate of drug-likeness (QED) is 0.122. The number of aliphatic hydroxyl groups is 1. The van der Waals surface area contributed by atoms with Crippen molar-refractivity contribution in [3.8, 4) is 0 Å². The molecule has 0 rings (SSSR count). The molecule has 0 spiro atoms. The predicted molar refractivity (Wildman–Crippen MR) is 132 cm³/mol. The van der Waals surface area contributed by atoms with Gasteiger partial charge in [0, 0.05) is 12.8 Å². The molecule has 0 aliphatic carbocycles. The number of unbranched alkanes of at least 4 members (excludes halogenated alkanes) is 16. The highest BCUT2D eigenvalue weighted by atomic mass is 16.6. The maximum atomic E-state index is 11.9. The maximum absolute atomic E-state index is 11.9. The van der Waals surface area contributed by atoms with Crippen molar-refractivity contribution in [3.63, 3.8) is 0 Å². The lowest BCUT2D eigenvalue weighted by Crippen LogP contribution is -2.28. The first-order valence-electron chi connectivity index (χ1n) is 13.6. The number of carbonyl (C=O) groups excluding carboxylic acids is 2. The second-order valence-corrected chi connectivity index (χ2v) is 9.13. The third kappa shape index (κ3) is 22.1. The number of hydrogen-bond donors (Lipinski definition) is 1. The highest BCUT2D eigenvalue weighted by Gasteiger charge is 2.16. The zero-order valence-corrected chi connectivity index (χ0v) is 21.2. The van der Waals surface area contributed by atoms with Gasteiger partial charge in [0.15, 0.2) is 6.10 Å². The minimum atomic E-state index is -0.756. The van der Waals surface area contributed by atoms with Crippen LogP contribution in [0.25, 0.3) is 0 Å². The Morgan fingerprint density at radius 2 is 0.969 bits per heavy atom. The first-order valence-corrected chi connectivity index (χ1v) is 13.6. The van der Waals surface area contributed by atoms with Gasteiger partial charge in [-0.05, 0) is 12.8 Å². The highest BCUT2D eigenvalue weighted by molar-refractivity contribution is 5.70. The van der Waals surface area contributed by atoms with E-state index in [9.17, 15) is 14.7 Å². The van der Waals surface area contributed by atoms with E-state index in [1.807, 2.05) is 0 Å². The smallest absolute Gasteiger partial charge is 0.306 e. The SMILES string of the molecule is CCCCCCCCCCCCCCCC(=O)OCC(CO)OC(=O)CCCCCCC. The monoisotopic (exact) mass is 456 g/mol. The molecular formula is C27H52O5. The zero-order valence-electron chi connectivity index (χ0n) is 21.2. The van der Waals surface area contributed by atoms with Crippen molar-refractivity contribution in [1.29, 1.82) is 0 Å². The highest BCUT2D eigenvalue weighted by Crippen LogP contribution is 2.13. The van der Waals surface area contributed by atoms with Crippen LogP contribution in [-0.2, 0) is 19.1 Å². The molecule has 1 unspecified atom stereocenters. The van der Waals surface area contributed by atoms with Crippen LogP contribution in [0.1, 0.15) is 142 Å². The van der Waals surface area contributed by atoms with Gasteiger partial charge in [-0.3, -0.25) is 9.59 Å². The van der Waals surface area contributed by atoms with Crippen LogP contribution in [0.2, 0.25) is 0 Å². The molecule has 1 N–H and O–H groups in total. The molecule has 0 heterocycles. The second-order valence-electron chi connectivity index (χ2n) is 9.13. The zero-order chi connectivity index (χ0) is 23.7. The van der Waals surface area contributed by atoms with Crippen LogP contribution in [0.4, 0.5) is 0 Å². The average molecular weight is 457 g/mol. The first kappa shape index (κ1) is 30.9. The van der Waals surface area contributed by atoms with Gasteiger partial charge < -0.3 is 14.6 Å². The number of carbonyl (C=O) groups is 2. The summed E-state index contributed by atoms with van der Waals surface area (Å²) < 4.78 is 10.4. The lowest BCUT2D eigenvalue weighted by molar-refractivity contribution is -0.161. The summed E-state index contributed by atoms with van der Waals surface area (Å²) in [6.45, 7) is 4.02. The van der Waals surface area contributed by atoms with Gasteiger partial charge in [-0.25, -0.2) is 0 Å². The standard InChI is InChI=1S/C27H52O5/c1-3-5-7-9-10-11-12-13-14-15-16-18-19-21-26(29)31-24-25(23-28)32-27(30)22-20-17-8-6-4-2/h25,28H,3-24H2,1-2H3. The summed E-state index contributed by atoms with van der Waals surface area (Å²) in [7, 11) is 0. The fourth-order valence-electron chi connectivity index (χ4n) is 3.79. The van der Waals surface area contributed by atoms with E-state index < -0.39 is 6.10 Å². The van der Waals surface area contributed by atoms with E-state index in [-0.39, 0.29) is 25.2 Å². The molecule has 0 aliphatic heterocycles. The summed E-state index contributed by atoms with van der Waals surface area (Å²) in [5, 5.41) is 9.36. The lowest BCUT2D eigenvalue weighted by atomic mass is 10.0. The van der Waals surface area contributed by atoms with Crippen molar-refractivity contribution in [1.82, 2.24) is 0 Å². The van der Waals surface area contributed by atoms with Gasteiger partial charge in [-0.15, -0.1) is 0 Å². The Balaban J connectivity index is 3.53. The molecule has 190 valence electrons. The van der Waals surface area contributed by atoms with E-state index in [0.29, 0.717) is 12.8 Å². The fraction of sp³-hybridized carbons (Fsp3) is 0.926. The fourth-order valence-corrected chi connectivity index (χ4v) is 3.79. The van der Waals surface area contributed by atoms with Crippen LogP contribution in [-0.4, -0.2) is 36.4 Å². The van der Waals surface area contributed by atoms with Crippen molar-refractivity contribution in [2.45, 2.75) is 148 Å². The molecule has 1 atom stereocenters. The first-order chi connectivity index (χ1) is 15.6. The van der Waals surface area contributed by atoms with Gasteiger partial charge in [0.1, 0.15) is 6.61 Å². The van der Waals surface area contributed by atoms with Gasteiger partial charge >= 0.3 is 11.9 Å². The van der Waals surface area contributed by atoms with Crippen LogP contribution in [0.15, 0.2) is 0 Å². The van der Waals surface area contributed by atoms with Crippen molar-refractivity contribution in [2.75, 3.05) is 13.2 Å². The van der Waals surface area contributed by atoms with Crippen LogP contribution >= 0.6 is 0 Å². The Bertz CT molecular complexity index is 424. The molecule has 0 saturated carbocycles. The van der Waals surface area contributed by atoms with Crippen LogP contribution < -0.4 is 0 Å². The van der Waals surface area contributed by atoms with E-state index in [0.717, 1.165) is 32.1 Å². The predicted octanol–water partition coefficient (Wildman–Crippen LogP) is 7.28. The van der Waals surface area contributed by atoms with Crippen molar-refractivity contribution >= 4 is 11.9 Å². The molecule has 0 amide bonds. The van der Waals surface area contributed by atoms with Gasteiger partial charge in [-0.1, -0.05) is 117 Å². The van der Waals surface area contributed by atoms with Crippen molar-refractivity contribution < 1.29 is 24.2 Å².